The van der Waals surface area contributed by atoms with Gasteiger partial charge in [-0.2, -0.15) is 0 Å². The quantitative estimate of drug-likeness (QED) is 0.606. The summed E-state index contributed by atoms with van der Waals surface area (Å²) in [4.78, 5) is 9.81. The summed E-state index contributed by atoms with van der Waals surface area (Å²) in [5, 5.41) is 19.3. The third kappa shape index (κ3) is 3.41. The summed E-state index contributed by atoms with van der Waals surface area (Å²) in [6, 6.07) is 3.35. The predicted molar refractivity (Wildman–Crippen MR) is 63.4 cm³/mol. The van der Waals surface area contributed by atoms with Crippen LogP contribution in [0.3, 0.4) is 0 Å². The molecule has 0 bridgehead atoms. The number of aliphatic hydroxyl groups is 1. The number of nitro benzene ring substituents is 1. The van der Waals surface area contributed by atoms with Crippen LogP contribution in [0.4, 0.5) is 5.69 Å². The molecule has 7 nitrogen and oxygen atoms in total. The maximum atomic E-state index is 11.8. The van der Waals surface area contributed by atoms with E-state index in [-0.39, 0.29) is 35.1 Å². The molecule has 0 saturated carbocycles. The van der Waals surface area contributed by atoms with Gasteiger partial charge in [-0.05, 0) is 12.5 Å². The fourth-order valence-electron chi connectivity index (χ4n) is 1.33. The Morgan fingerprint density at radius 3 is 2.56 bits per heavy atom. The molecule has 0 spiro atoms. The molecule has 0 radical (unpaired) electrons. The van der Waals surface area contributed by atoms with Gasteiger partial charge in [-0.3, -0.25) is 10.1 Å². The molecular formula is C10H13NO6S. The zero-order valence-corrected chi connectivity index (χ0v) is 10.5. The number of hydrogen-bond acceptors (Lipinski definition) is 6. The van der Waals surface area contributed by atoms with Crippen molar-refractivity contribution < 1.29 is 23.2 Å². The highest BCUT2D eigenvalue weighted by molar-refractivity contribution is 7.91. The van der Waals surface area contributed by atoms with Crippen LogP contribution in [0.5, 0.6) is 5.75 Å². The summed E-state index contributed by atoms with van der Waals surface area (Å²) < 4.78 is 28.5. The van der Waals surface area contributed by atoms with Gasteiger partial charge in [0.15, 0.2) is 9.84 Å². The van der Waals surface area contributed by atoms with Crippen LogP contribution in [-0.2, 0) is 9.84 Å². The van der Waals surface area contributed by atoms with Crippen LogP contribution >= 0.6 is 0 Å². The Balaban J connectivity index is 3.23. The summed E-state index contributed by atoms with van der Waals surface area (Å²) in [6.07, 6.45) is 0.0767. The van der Waals surface area contributed by atoms with Crippen molar-refractivity contribution in [3.05, 3.63) is 28.3 Å². The Bertz CT molecular complexity index is 539. The lowest BCUT2D eigenvalue weighted by Crippen LogP contribution is -2.09. The number of rotatable bonds is 6. The molecule has 1 aromatic rings. The van der Waals surface area contributed by atoms with Crippen molar-refractivity contribution in [1.82, 2.24) is 0 Å². The van der Waals surface area contributed by atoms with E-state index in [0.29, 0.717) is 0 Å². The van der Waals surface area contributed by atoms with Gasteiger partial charge in [-0.25, -0.2) is 8.42 Å². The summed E-state index contributed by atoms with van der Waals surface area (Å²) in [6.45, 7) is -0.259. The zero-order chi connectivity index (χ0) is 13.8. The Kier molecular flexibility index (Phi) is 4.62. The highest BCUT2D eigenvalue weighted by atomic mass is 32.2. The SMILES string of the molecule is COc1cc([N+](=O)[O-])cc(S(=O)(=O)CCCO)c1. The second kappa shape index (κ2) is 5.78. The van der Waals surface area contributed by atoms with Crippen LogP contribution in [-0.4, -0.2) is 37.9 Å². The molecule has 1 rings (SSSR count). The van der Waals surface area contributed by atoms with Crippen LogP contribution in [0.15, 0.2) is 23.1 Å². The van der Waals surface area contributed by atoms with Crippen LogP contribution in [0, 0.1) is 10.1 Å². The van der Waals surface area contributed by atoms with Gasteiger partial charge >= 0.3 is 0 Å². The number of hydrogen-bond donors (Lipinski definition) is 1. The lowest BCUT2D eigenvalue weighted by atomic mass is 10.3. The van der Waals surface area contributed by atoms with Gasteiger partial charge in [-0.15, -0.1) is 0 Å². The smallest absolute Gasteiger partial charge is 0.274 e. The fourth-order valence-corrected chi connectivity index (χ4v) is 2.67. The van der Waals surface area contributed by atoms with E-state index in [1.54, 1.807) is 0 Å². The van der Waals surface area contributed by atoms with Crippen LogP contribution in [0.1, 0.15) is 6.42 Å². The number of ether oxygens (including phenoxy) is 1. The molecule has 18 heavy (non-hydrogen) atoms. The number of non-ortho nitro benzene ring substituents is 1. The summed E-state index contributed by atoms with van der Waals surface area (Å²) in [5.74, 6) is -0.167. The van der Waals surface area contributed by atoms with E-state index < -0.39 is 14.8 Å². The summed E-state index contributed by atoms with van der Waals surface area (Å²) in [5.41, 5.74) is -0.350. The minimum Gasteiger partial charge on any atom is -0.496 e. The highest BCUT2D eigenvalue weighted by Crippen LogP contribution is 2.26. The predicted octanol–water partition coefficient (Wildman–Crippen LogP) is 0.760. The first kappa shape index (κ1) is 14.4. The van der Waals surface area contributed by atoms with Crippen LogP contribution in [0.25, 0.3) is 0 Å². The topological polar surface area (TPSA) is 107 Å². The van der Waals surface area contributed by atoms with E-state index >= 15 is 0 Å². The molecule has 1 N–H and O–H groups in total. The first-order valence-corrected chi connectivity index (χ1v) is 6.73. The van der Waals surface area contributed by atoms with Crippen LogP contribution in [0.2, 0.25) is 0 Å². The average molecular weight is 275 g/mol. The molecule has 1 aromatic carbocycles. The molecule has 0 aromatic heterocycles. The van der Waals surface area contributed by atoms with Crippen molar-refractivity contribution in [1.29, 1.82) is 0 Å². The van der Waals surface area contributed by atoms with Crippen molar-refractivity contribution in [3.63, 3.8) is 0 Å². The van der Waals surface area contributed by atoms with E-state index in [2.05, 4.69) is 0 Å². The van der Waals surface area contributed by atoms with E-state index in [1.165, 1.54) is 13.2 Å². The minimum atomic E-state index is -3.66. The number of sulfone groups is 1. The molecule has 100 valence electrons. The van der Waals surface area contributed by atoms with Gasteiger partial charge in [-0.1, -0.05) is 0 Å². The van der Waals surface area contributed by atoms with Gasteiger partial charge in [0.2, 0.25) is 0 Å². The average Bonchev–Trinajstić information content (AvgIpc) is 2.35. The second-order valence-corrected chi connectivity index (χ2v) is 5.63. The summed E-state index contributed by atoms with van der Waals surface area (Å²) in [7, 11) is -2.36. The number of nitrogens with zero attached hydrogens (tertiary/aromatic N) is 1. The van der Waals surface area contributed by atoms with Crippen molar-refractivity contribution in [2.75, 3.05) is 19.5 Å². The van der Waals surface area contributed by atoms with Gasteiger partial charge < -0.3 is 9.84 Å². The molecular weight excluding hydrogens is 262 g/mol. The fraction of sp³-hybridized carbons (Fsp3) is 0.400. The minimum absolute atomic E-state index is 0.0767. The van der Waals surface area contributed by atoms with Crippen molar-refractivity contribution in [3.8, 4) is 5.75 Å². The maximum Gasteiger partial charge on any atom is 0.274 e. The Labute approximate surface area is 104 Å². The van der Waals surface area contributed by atoms with Crippen molar-refractivity contribution in [2.45, 2.75) is 11.3 Å². The molecule has 0 aliphatic carbocycles. The third-order valence-corrected chi connectivity index (χ3v) is 4.02. The molecule has 0 aliphatic heterocycles. The first-order valence-electron chi connectivity index (χ1n) is 5.08. The van der Waals surface area contributed by atoms with Gasteiger partial charge in [0, 0.05) is 12.7 Å². The molecule has 0 saturated heterocycles. The number of benzene rings is 1. The molecule has 0 aliphatic rings. The van der Waals surface area contributed by atoms with E-state index in [0.717, 1.165) is 12.1 Å². The Morgan fingerprint density at radius 1 is 1.39 bits per heavy atom. The lowest BCUT2D eigenvalue weighted by Gasteiger charge is -2.06. The molecule has 0 amide bonds. The molecule has 0 fully saturated rings. The number of nitro groups is 1. The second-order valence-electron chi connectivity index (χ2n) is 3.52. The third-order valence-electron chi connectivity index (χ3n) is 2.24. The number of aliphatic hydroxyl groups excluding tert-OH is 1. The van der Waals surface area contributed by atoms with Crippen molar-refractivity contribution in [2.24, 2.45) is 0 Å². The van der Waals surface area contributed by atoms with Gasteiger partial charge in [0.1, 0.15) is 5.75 Å². The Morgan fingerprint density at radius 2 is 2.06 bits per heavy atom. The van der Waals surface area contributed by atoms with E-state index in [1.807, 2.05) is 0 Å². The van der Waals surface area contributed by atoms with E-state index in [9.17, 15) is 18.5 Å². The standard InChI is InChI=1S/C10H13NO6S/c1-17-9-5-8(11(13)14)6-10(7-9)18(15,16)4-2-3-12/h5-7,12H,2-4H2,1H3. The molecule has 0 unspecified atom stereocenters. The number of methoxy groups -OCH3 is 1. The molecule has 8 heteroatoms. The summed E-state index contributed by atoms with van der Waals surface area (Å²) >= 11 is 0. The monoisotopic (exact) mass is 275 g/mol. The zero-order valence-electron chi connectivity index (χ0n) is 9.70. The van der Waals surface area contributed by atoms with Gasteiger partial charge in [0.25, 0.3) is 5.69 Å². The first-order chi connectivity index (χ1) is 8.40. The molecule has 0 atom stereocenters. The largest absolute Gasteiger partial charge is 0.496 e. The van der Waals surface area contributed by atoms with Crippen molar-refractivity contribution >= 4 is 15.5 Å². The van der Waals surface area contributed by atoms with Gasteiger partial charge in [0.05, 0.1) is 28.7 Å². The maximum absolute atomic E-state index is 11.8. The van der Waals surface area contributed by atoms with E-state index in [4.69, 9.17) is 9.84 Å². The highest BCUT2D eigenvalue weighted by Gasteiger charge is 2.19. The van der Waals surface area contributed by atoms with Crippen LogP contribution < -0.4 is 4.74 Å². The lowest BCUT2D eigenvalue weighted by molar-refractivity contribution is -0.385. The Hall–Kier alpha value is -1.67. The normalized spacial score (nSPS) is 11.2. The molecule has 0 heterocycles.